The van der Waals surface area contributed by atoms with Crippen LogP contribution in [0.3, 0.4) is 0 Å². The highest BCUT2D eigenvalue weighted by molar-refractivity contribution is 7.89. The van der Waals surface area contributed by atoms with E-state index in [1.165, 1.54) is 31.4 Å². The maximum atomic E-state index is 12.3. The van der Waals surface area contributed by atoms with E-state index >= 15 is 0 Å². The summed E-state index contributed by atoms with van der Waals surface area (Å²) in [5, 5.41) is 0.637. The fourth-order valence-corrected chi connectivity index (χ4v) is 4.48. The van der Waals surface area contributed by atoms with Gasteiger partial charge in [0.1, 0.15) is 4.90 Å². The van der Waals surface area contributed by atoms with Crippen LogP contribution >= 0.6 is 23.2 Å². The van der Waals surface area contributed by atoms with Gasteiger partial charge in [-0.15, -0.1) is 0 Å². The molecule has 1 aliphatic rings. The van der Waals surface area contributed by atoms with Gasteiger partial charge in [0.2, 0.25) is 10.0 Å². The molecular formula is C14H19Cl2NO2S. The van der Waals surface area contributed by atoms with Crippen LogP contribution in [0.15, 0.2) is 17.0 Å². The van der Waals surface area contributed by atoms with E-state index in [4.69, 9.17) is 23.2 Å². The van der Waals surface area contributed by atoms with Crippen LogP contribution in [-0.2, 0) is 10.0 Å². The second-order valence-corrected chi connectivity index (χ2v) is 7.94. The summed E-state index contributed by atoms with van der Waals surface area (Å²) in [6.07, 6.45) is 5.82. The van der Waals surface area contributed by atoms with Crippen LogP contribution in [0.4, 0.5) is 0 Å². The van der Waals surface area contributed by atoms with Gasteiger partial charge in [-0.2, -0.15) is 0 Å². The molecule has 1 saturated carbocycles. The second kappa shape index (κ2) is 6.65. The minimum absolute atomic E-state index is 0.108. The van der Waals surface area contributed by atoms with Crippen LogP contribution in [0.1, 0.15) is 37.7 Å². The molecule has 0 heterocycles. The van der Waals surface area contributed by atoms with E-state index in [2.05, 4.69) is 4.72 Å². The maximum absolute atomic E-state index is 12.3. The Morgan fingerprint density at radius 1 is 1.15 bits per heavy atom. The molecule has 2 rings (SSSR count). The lowest BCUT2D eigenvalue weighted by molar-refractivity contribution is 0.357. The lowest BCUT2D eigenvalue weighted by Crippen LogP contribution is -2.30. The Morgan fingerprint density at radius 2 is 1.80 bits per heavy atom. The molecule has 0 spiro atoms. The molecule has 20 heavy (non-hydrogen) atoms. The Morgan fingerprint density at radius 3 is 2.45 bits per heavy atom. The summed E-state index contributed by atoms with van der Waals surface area (Å²) in [7, 11) is -3.57. The van der Waals surface area contributed by atoms with Crippen molar-refractivity contribution in [1.29, 1.82) is 0 Å². The van der Waals surface area contributed by atoms with Crippen LogP contribution in [0.25, 0.3) is 0 Å². The Kier molecular flexibility index (Phi) is 5.35. The fraction of sp³-hybridized carbons (Fsp3) is 0.571. The van der Waals surface area contributed by atoms with Gasteiger partial charge in [-0.05, 0) is 43.4 Å². The van der Waals surface area contributed by atoms with E-state index in [1.54, 1.807) is 6.92 Å². The number of hydrogen-bond donors (Lipinski definition) is 1. The average Bonchev–Trinajstić information content (AvgIpc) is 2.42. The first-order valence-corrected chi connectivity index (χ1v) is 9.09. The van der Waals surface area contributed by atoms with Crippen molar-refractivity contribution in [2.75, 3.05) is 6.54 Å². The van der Waals surface area contributed by atoms with Gasteiger partial charge in [-0.25, -0.2) is 13.1 Å². The first-order valence-electron chi connectivity index (χ1n) is 6.85. The number of sulfonamides is 1. The van der Waals surface area contributed by atoms with Crippen LogP contribution in [0.5, 0.6) is 0 Å². The number of nitrogens with one attached hydrogen (secondary N) is 1. The molecule has 112 valence electrons. The van der Waals surface area contributed by atoms with Crippen LogP contribution in [0.2, 0.25) is 10.0 Å². The summed E-state index contributed by atoms with van der Waals surface area (Å²) in [6.45, 7) is 2.25. The number of benzene rings is 1. The summed E-state index contributed by atoms with van der Waals surface area (Å²) >= 11 is 11.9. The summed E-state index contributed by atoms with van der Waals surface area (Å²) in [4.78, 5) is 0.108. The quantitative estimate of drug-likeness (QED) is 0.897. The Hall–Kier alpha value is -0.290. The Bertz CT molecular complexity index is 581. The molecule has 0 radical (unpaired) electrons. The van der Waals surface area contributed by atoms with Crippen molar-refractivity contribution in [2.45, 2.75) is 43.9 Å². The maximum Gasteiger partial charge on any atom is 0.242 e. The van der Waals surface area contributed by atoms with E-state index < -0.39 is 10.0 Å². The van der Waals surface area contributed by atoms with Gasteiger partial charge in [0.05, 0.1) is 5.02 Å². The lowest BCUT2D eigenvalue weighted by Gasteiger charge is -2.21. The molecule has 0 saturated heterocycles. The van der Waals surface area contributed by atoms with Crippen LogP contribution < -0.4 is 4.72 Å². The minimum atomic E-state index is -3.57. The van der Waals surface area contributed by atoms with Gasteiger partial charge in [-0.3, -0.25) is 0 Å². The van der Waals surface area contributed by atoms with Crippen molar-refractivity contribution in [3.63, 3.8) is 0 Å². The molecule has 0 atom stereocenters. The average molecular weight is 336 g/mol. The standard InChI is InChI=1S/C14H19Cl2NO2S/c1-10-7-14(13(16)8-12(10)15)20(18,19)17-9-11-5-3-2-4-6-11/h7-8,11,17H,2-6,9H2,1H3. The van der Waals surface area contributed by atoms with Crippen molar-refractivity contribution >= 4 is 33.2 Å². The molecule has 0 aromatic heterocycles. The molecule has 6 heteroatoms. The third kappa shape index (κ3) is 3.88. The van der Waals surface area contributed by atoms with Crippen LogP contribution in [0, 0.1) is 12.8 Å². The lowest BCUT2D eigenvalue weighted by atomic mass is 9.90. The molecule has 3 nitrogen and oxygen atoms in total. The monoisotopic (exact) mass is 335 g/mol. The molecular weight excluding hydrogens is 317 g/mol. The highest BCUT2D eigenvalue weighted by Gasteiger charge is 2.21. The van der Waals surface area contributed by atoms with E-state index in [1.807, 2.05) is 0 Å². The molecule has 0 amide bonds. The Balaban J connectivity index is 2.11. The van der Waals surface area contributed by atoms with Gasteiger partial charge >= 0.3 is 0 Å². The highest BCUT2D eigenvalue weighted by atomic mass is 35.5. The molecule has 0 unspecified atom stereocenters. The van der Waals surface area contributed by atoms with E-state index in [9.17, 15) is 8.42 Å². The molecule has 0 bridgehead atoms. The van der Waals surface area contributed by atoms with E-state index in [0.717, 1.165) is 12.8 Å². The first-order chi connectivity index (χ1) is 9.40. The zero-order chi connectivity index (χ0) is 14.8. The smallest absolute Gasteiger partial charge is 0.211 e. The minimum Gasteiger partial charge on any atom is -0.211 e. The van der Waals surface area contributed by atoms with E-state index in [0.29, 0.717) is 23.0 Å². The third-order valence-corrected chi connectivity index (χ3v) is 6.08. The van der Waals surface area contributed by atoms with Crippen LogP contribution in [-0.4, -0.2) is 15.0 Å². The molecule has 1 aliphatic carbocycles. The SMILES string of the molecule is Cc1cc(S(=O)(=O)NCC2CCCCC2)c(Cl)cc1Cl. The van der Waals surface area contributed by atoms with Crippen molar-refractivity contribution < 1.29 is 8.42 Å². The zero-order valence-corrected chi connectivity index (χ0v) is 13.8. The third-order valence-electron chi connectivity index (χ3n) is 3.79. The van der Waals surface area contributed by atoms with Gasteiger partial charge in [0, 0.05) is 11.6 Å². The largest absolute Gasteiger partial charge is 0.242 e. The topological polar surface area (TPSA) is 46.2 Å². The predicted molar refractivity (Wildman–Crippen MR) is 83.0 cm³/mol. The normalized spacial score (nSPS) is 17.4. The molecule has 1 aromatic carbocycles. The van der Waals surface area contributed by atoms with Gasteiger partial charge < -0.3 is 0 Å². The predicted octanol–water partition coefficient (Wildman–Crippen LogP) is 4.16. The zero-order valence-electron chi connectivity index (χ0n) is 11.5. The summed E-state index contributed by atoms with van der Waals surface area (Å²) < 4.78 is 27.3. The number of halogens is 2. The summed E-state index contributed by atoms with van der Waals surface area (Å²) in [6, 6.07) is 3.00. The number of aryl methyl sites for hydroxylation is 1. The molecule has 1 aromatic rings. The highest BCUT2D eigenvalue weighted by Crippen LogP contribution is 2.29. The first kappa shape index (κ1) is 16.1. The van der Waals surface area contributed by atoms with Crippen molar-refractivity contribution in [1.82, 2.24) is 4.72 Å². The van der Waals surface area contributed by atoms with Gasteiger partial charge in [-0.1, -0.05) is 42.5 Å². The second-order valence-electron chi connectivity index (χ2n) is 5.39. The molecule has 1 fully saturated rings. The fourth-order valence-electron chi connectivity index (χ4n) is 2.53. The van der Waals surface area contributed by atoms with Crippen molar-refractivity contribution in [3.8, 4) is 0 Å². The Labute approximate surface area is 130 Å². The van der Waals surface area contributed by atoms with Crippen molar-refractivity contribution in [3.05, 3.63) is 27.7 Å². The van der Waals surface area contributed by atoms with Gasteiger partial charge in [0.25, 0.3) is 0 Å². The molecule has 1 N–H and O–H groups in total. The summed E-state index contributed by atoms with van der Waals surface area (Å²) in [5.74, 6) is 0.436. The van der Waals surface area contributed by atoms with Gasteiger partial charge in [0.15, 0.2) is 0 Å². The molecule has 0 aliphatic heterocycles. The summed E-state index contributed by atoms with van der Waals surface area (Å²) in [5.41, 5.74) is 0.703. The number of rotatable bonds is 4. The van der Waals surface area contributed by atoms with E-state index in [-0.39, 0.29) is 9.92 Å². The van der Waals surface area contributed by atoms with Crippen molar-refractivity contribution in [2.24, 2.45) is 5.92 Å². The number of hydrogen-bond acceptors (Lipinski definition) is 2.